The number of rotatable bonds is 5. The van der Waals surface area contributed by atoms with Crippen molar-refractivity contribution >= 4 is 5.78 Å². The van der Waals surface area contributed by atoms with Gasteiger partial charge in [0.25, 0.3) is 0 Å². The summed E-state index contributed by atoms with van der Waals surface area (Å²) in [5.74, 6) is -3.12. The first-order chi connectivity index (χ1) is 8.06. The second kappa shape index (κ2) is 5.58. The summed E-state index contributed by atoms with van der Waals surface area (Å²) in [7, 11) is 4.06. The van der Waals surface area contributed by atoms with E-state index < -0.39 is 23.0 Å². The van der Waals surface area contributed by atoms with E-state index in [1.165, 1.54) is 21.3 Å². The molecule has 0 spiro atoms. The second-order valence-electron chi connectivity index (χ2n) is 3.24. The molecule has 0 fully saturated rings. The number of halogens is 2. The lowest BCUT2D eigenvalue weighted by atomic mass is 10.1. The number of ether oxygens (including phenoxy) is 2. The van der Waals surface area contributed by atoms with Crippen LogP contribution in [0.2, 0.25) is 0 Å². The highest BCUT2D eigenvalue weighted by Crippen LogP contribution is 2.34. The van der Waals surface area contributed by atoms with Crippen molar-refractivity contribution in [2.75, 3.05) is 27.8 Å². The maximum absolute atomic E-state index is 13.6. The van der Waals surface area contributed by atoms with Gasteiger partial charge in [-0.15, -0.1) is 0 Å². The van der Waals surface area contributed by atoms with Gasteiger partial charge in [-0.25, -0.2) is 8.78 Å². The molecule has 0 aliphatic rings. The number of benzene rings is 1. The topological polar surface area (TPSA) is 47.6 Å². The number of ketones is 1. The Bertz CT molecular complexity index is 435. The minimum Gasteiger partial charge on any atom is -0.493 e. The molecule has 0 unspecified atom stereocenters. The van der Waals surface area contributed by atoms with Crippen molar-refractivity contribution in [3.05, 3.63) is 23.3 Å². The molecule has 0 heterocycles. The predicted molar refractivity (Wildman–Crippen MR) is 57.7 cm³/mol. The molecule has 0 aromatic heterocycles. The van der Waals surface area contributed by atoms with Crippen LogP contribution in [0.15, 0.2) is 6.07 Å². The van der Waals surface area contributed by atoms with Crippen LogP contribution in [0.4, 0.5) is 8.78 Å². The Hall–Kier alpha value is -1.69. The van der Waals surface area contributed by atoms with E-state index in [0.29, 0.717) is 0 Å². The van der Waals surface area contributed by atoms with Crippen molar-refractivity contribution in [3.8, 4) is 11.5 Å². The van der Waals surface area contributed by atoms with Crippen molar-refractivity contribution in [1.29, 1.82) is 0 Å². The van der Waals surface area contributed by atoms with Crippen molar-refractivity contribution in [3.63, 3.8) is 0 Å². The molecule has 1 aromatic rings. The summed E-state index contributed by atoms with van der Waals surface area (Å²) in [6.45, 7) is -0.125. The smallest absolute Gasteiger partial charge is 0.183 e. The Balaban J connectivity index is 3.43. The van der Waals surface area contributed by atoms with Crippen LogP contribution in [0.25, 0.3) is 0 Å². The zero-order valence-electron chi connectivity index (χ0n) is 9.77. The minimum absolute atomic E-state index is 0.0224. The van der Waals surface area contributed by atoms with Gasteiger partial charge in [-0.05, 0) is 7.05 Å². The van der Waals surface area contributed by atoms with Gasteiger partial charge in [0.2, 0.25) is 0 Å². The number of carbonyl (C=O) groups excluding carboxylic acids is 1. The zero-order chi connectivity index (χ0) is 13.0. The number of likely N-dealkylation sites (N-methyl/N-ethyl adjacent to an activating group) is 1. The van der Waals surface area contributed by atoms with E-state index in [9.17, 15) is 13.6 Å². The van der Waals surface area contributed by atoms with Crippen LogP contribution in [-0.2, 0) is 0 Å². The van der Waals surface area contributed by atoms with E-state index in [-0.39, 0.29) is 18.0 Å². The van der Waals surface area contributed by atoms with Gasteiger partial charge in [-0.1, -0.05) is 0 Å². The Labute approximate surface area is 97.5 Å². The molecule has 0 bridgehead atoms. The lowest BCUT2D eigenvalue weighted by Gasteiger charge is -2.13. The van der Waals surface area contributed by atoms with E-state index in [4.69, 9.17) is 9.47 Å². The van der Waals surface area contributed by atoms with E-state index in [1.54, 1.807) is 0 Å². The van der Waals surface area contributed by atoms with Crippen LogP contribution in [-0.4, -0.2) is 33.6 Å². The second-order valence-corrected chi connectivity index (χ2v) is 3.24. The molecule has 17 heavy (non-hydrogen) atoms. The van der Waals surface area contributed by atoms with E-state index in [0.717, 1.165) is 6.07 Å². The highest BCUT2D eigenvalue weighted by Gasteiger charge is 2.24. The highest BCUT2D eigenvalue weighted by molar-refractivity contribution is 6.01. The number of nitrogens with one attached hydrogen (secondary N) is 1. The maximum Gasteiger partial charge on any atom is 0.183 e. The average Bonchev–Trinajstić information content (AvgIpc) is 2.31. The SMILES string of the molecule is CNCC(=O)c1c(F)c(F)cc(OC)c1OC. The minimum atomic E-state index is -1.23. The monoisotopic (exact) mass is 245 g/mol. The number of methoxy groups -OCH3 is 2. The molecule has 1 aromatic carbocycles. The average molecular weight is 245 g/mol. The summed E-state index contributed by atoms with van der Waals surface area (Å²) >= 11 is 0. The van der Waals surface area contributed by atoms with E-state index in [1.807, 2.05) is 0 Å². The lowest BCUT2D eigenvalue weighted by Crippen LogP contribution is -2.21. The van der Waals surface area contributed by atoms with Crippen LogP contribution in [0.3, 0.4) is 0 Å². The number of Topliss-reactive ketones (excluding diaryl/α,β-unsaturated/α-hetero) is 1. The fourth-order valence-electron chi connectivity index (χ4n) is 1.44. The molecular formula is C11H13F2NO3. The first kappa shape index (κ1) is 13.4. The third kappa shape index (κ3) is 2.52. The van der Waals surface area contributed by atoms with Gasteiger partial charge in [0.05, 0.1) is 20.8 Å². The summed E-state index contributed by atoms with van der Waals surface area (Å²) in [5.41, 5.74) is -0.446. The fraction of sp³-hybridized carbons (Fsp3) is 0.364. The lowest BCUT2D eigenvalue weighted by molar-refractivity contribution is 0.0984. The molecule has 6 heteroatoms. The van der Waals surface area contributed by atoms with Gasteiger partial charge in [0.15, 0.2) is 28.9 Å². The molecule has 0 atom stereocenters. The molecule has 0 aliphatic carbocycles. The van der Waals surface area contributed by atoms with E-state index in [2.05, 4.69) is 5.32 Å². The Morgan fingerprint density at radius 1 is 1.35 bits per heavy atom. The molecule has 94 valence electrons. The van der Waals surface area contributed by atoms with Crippen LogP contribution in [0, 0.1) is 11.6 Å². The maximum atomic E-state index is 13.6. The first-order valence-electron chi connectivity index (χ1n) is 4.84. The Morgan fingerprint density at radius 3 is 2.47 bits per heavy atom. The summed E-state index contributed by atoms with van der Waals surface area (Å²) < 4.78 is 36.6. The third-order valence-corrected chi connectivity index (χ3v) is 2.18. The molecule has 0 aliphatic heterocycles. The number of hydrogen-bond donors (Lipinski definition) is 1. The van der Waals surface area contributed by atoms with Crippen LogP contribution in [0.1, 0.15) is 10.4 Å². The molecule has 0 radical (unpaired) electrons. The first-order valence-corrected chi connectivity index (χ1v) is 4.84. The van der Waals surface area contributed by atoms with Gasteiger partial charge < -0.3 is 14.8 Å². The van der Waals surface area contributed by atoms with Crippen LogP contribution < -0.4 is 14.8 Å². The number of carbonyl (C=O) groups is 1. The Kier molecular flexibility index (Phi) is 4.39. The van der Waals surface area contributed by atoms with Crippen molar-refractivity contribution in [1.82, 2.24) is 5.32 Å². The standard InChI is InChI=1S/C11H13F2NO3/c1-14-5-7(15)9-10(13)6(12)4-8(16-2)11(9)17-3/h4,14H,5H2,1-3H3. The highest BCUT2D eigenvalue weighted by atomic mass is 19.2. The summed E-state index contributed by atoms with van der Waals surface area (Å²) in [5, 5.41) is 2.57. The predicted octanol–water partition coefficient (Wildman–Crippen LogP) is 1.38. The molecule has 4 nitrogen and oxygen atoms in total. The molecule has 0 saturated carbocycles. The van der Waals surface area contributed by atoms with Crippen LogP contribution >= 0.6 is 0 Å². The van der Waals surface area contributed by atoms with E-state index >= 15 is 0 Å². The largest absolute Gasteiger partial charge is 0.493 e. The van der Waals surface area contributed by atoms with Gasteiger partial charge in [0, 0.05) is 6.07 Å². The molecule has 0 saturated heterocycles. The molecule has 0 amide bonds. The quantitative estimate of drug-likeness (QED) is 0.796. The fourth-order valence-corrected chi connectivity index (χ4v) is 1.44. The van der Waals surface area contributed by atoms with Gasteiger partial charge in [-0.2, -0.15) is 0 Å². The van der Waals surface area contributed by atoms with Crippen molar-refractivity contribution in [2.24, 2.45) is 0 Å². The Morgan fingerprint density at radius 2 is 2.00 bits per heavy atom. The van der Waals surface area contributed by atoms with Gasteiger partial charge in [0.1, 0.15) is 5.56 Å². The third-order valence-electron chi connectivity index (χ3n) is 2.18. The summed E-state index contributed by atoms with van der Waals surface area (Å²) in [6, 6.07) is 0.838. The molecule has 1 rings (SSSR count). The molecule has 1 N–H and O–H groups in total. The number of hydrogen-bond acceptors (Lipinski definition) is 4. The normalized spacial score (nSPS) is 10.2. The van der Waals surface area contributed by atoms with Gasteiger partial charge in [-0.3, -0.25) is 4.79 Å². The van der Waals surface area contributed by atoms with Gasteiger partial charge >= 0.3 is 0 Å². The summed E-state index contributed by atoms with van der Waals surface area (Å²) in [6.07, 6.45) is 0. The summed E-state index contributed by atoms with van der Waals surface area (Å²) in [4.78, 5) is 11.7. The van der Waals surface area contributed by atoms with Crippen LogP contribution in [0.5, 0.6) is 11.5 Å². The molecular weight excluding hydrogens is 232 g/mol. The zero-order valence-corrected chi connectivity index (χ0v) is 9.77. The van der Waals surface area contributed by atoms with Crippen molar-refractivity contribution < 1.29 is 23.0 Å². The van der Waals surface area contributed by atoms with Crippen molar-refractivity contribution in [2.45, 2.75) is 0 Å².